The topological polar surface area (TPSA) is 159 Å². The molecule has 3 aromatic carbocycles. The number of carbonyl (C=O) groups is 4. The molecule has 0 spiro atoms. The number of esters is 1. The first kappa shape index (κ1) is 36.7. The second kappa shape index (κ2) is 15.1. The molecule has 1 aromatic heterocycles. The molecule has 15 heteroatoms. The molecule has 4 aromatic rings. The maximum atomic E-state index is 13.8. The van der Waals surface area contributed by atoms with Gasteiger partial charge in [-0.3, -0.25) is 9.59 Å². The fraction of sp³-hybridized carbons (Fsp3) is 0.314. The van der Waals surface area contributed by atoms with Crippen LogP contribution in [-0.4, -0.2) is 68.5 Å². The molecule has 2 atom stereocenters. The van der Waals surface area contributed by atoms with Crippen molar-refractivity contribution in [2.24, 2.45) is 0 Å². The lowest BCUT2D eigenvalue weighted by Crippen LogP contribution is -2.45. The molecule has 0 saturated carbocycles. The minimum absolute atomic E-state index is 0.0105. The molecule has 1 aliphatic rings. The number of fused-ring (bicyclic) bond motifs is 2. The van der Waals surface area contributed by atoms with Crippen LogP contribution in [0.5, 0.6) is 0 Å². The van der Waals surface area contributed by atoms with Gasteiger partial charge < -0.3 is 28.8 Å². The zero-order valence-corrected chi connectivity index (χ0v) is 29.9. The summed E-state index contributed by atoms with van der Waals surface area (Å²) in [7, 11) is -3.58. The number of ether oxygens (including phenoxy) is 3. The van der Waals surface area contributed by atoms with Gasteiger partial charge in [0.25, 0.3) is 11.8 Å². The molecule has 0 saturated heterocycles. The molecule has 1 aliphatic heterocycles. The predicted octanol–water partition coefficient (Wildman–Crippen LogP) is 6.13. The van der Waals surface area contributed by atoms with Crippen LogP contribution < -0.4 is 5.32 Å². The Labute approximate surface area is 298 Å². The third-order valence-corrected chi connectivity index (χ3v) is 9.68. The number of benzene rings is 3. The van der Waals surface area contributed by atoms with Crippen LogP contribution in [-0.2, 0) is 48.2 Å². The van der Waals surface area contributed by atoms with E-state index in [0.29, 0.717) is 40.8 Å². The number of carbonyl (C=O) groups excluding carboxylic acids is 4. The number of hydrogen-bond acceptors (Lipinski definition) is 10. The molecule has 1 N–H and O–H groups in total. The van der Waals surface area contributed by atoms with Gasteiger partial charge in [-0.15, -0.1) is 0 Å². The van der Waals surface area contributed by atoms with E-state index < -0.39 is 46.3 Å². The van der Waals surface area contributed by atoms with E-state index in [2.05, 4.69) is 5.32 Å². The monoisotopic (exact) mass is 744 g/mol. The van der Waals surface area contributed by atoms with Gasteiger partial charge in [-0.2, -0.15) is 0 Å². The lowest BCUT2D eigenvalue weighted by Gasteiger charge is -2.30. The summed E-state index contributed by atoms with van der Waals surface area (Å²) in [6.07, 6.45) is -0.206. The first-order valence-corrected chi connectivity index (χ1v) is 18.2. The van der Waals surface area contributed by atoms with Crippen LogP contribution in [0, 0.1) is 0 Å². The summed E-state index contributed by atoms with van der Waals surface area (Å²) in [5.74, 6) is -2.00. The molecule has 2 heterocycles. The Morgan fingerprint density at radius 2 is 1.74 bits per heavy atom. The summed E-state index contributed by atoms with van der Waals surface area (Å²) in [5.41, 5.74) is 2.63. The van der Waals surface area contributed by atoms with Gasteiger partial charge in [0.2, 0.25) is 6.29 Å². The lowest BCUT2D eigenvalue weighted by atomic mass is 9.95. The zero-order chi connectivity index (χ0) is 36.3. The maximum absolute atomic E-state index is 13.8. The number of nitrogens with zero attached hydrogens (tertiary/aromatic N) is 1. The normalized spacial score (nSPS) is 14.1. The van der Waals surface area contributed by atoms with Gasteiger partial charge in [-0.05, 0) is 73.4 Å². The lowest BCUT2D eigenvalue weighted by molar-refractivity contribution is -0.170. The number of amides is 2. The Morgan fingerprint density at radius 3 is 2.46 bits per heavy atom. The molecule has 0 fully saturated rings. The van der Waals surface area contributed by atoms with Crippen LogP contribution in [0.15, 0.2) is 70.2 Å². The van der Waals surface area contributed by atoms with Gasteiger partial charge in [-0.25, -0.2) is 18.0 Å². The Morgan fingerprint density at radius 1 is 0.980 bits per heavy atom. The van der Waals surface area contributed by atoms with E-state index in [0.717, 1.165) is 11.6 Å². The number of halogens is 2. The number of sulfone groups is 1. The maximum Gasteiger partial charge on any atom is 0.511 e. The van der Waals surface area contributed by atoms with Gasteiger partial charge >= 0.3 is 12.1 Å². The van der Waals surface area contributed by atoms with E-state index in [9.17, 15) is 27.6 Å². The molecule has 0 aliphatic carbocycles. The number of rotatable bonds is 10. The second-order valence-corrected chi connectivity index (χ2v) is 14.8. The highest BCUT2D eigenvalue weighted by Crippen LogP contribution is 2.35. The fourth-order valence-electron chi connectivity index (χ4n) is 5.49. The Kier molecular flexibility index (Phi) is 11.1. The largest absolute Gasteiger partial charge is 0.511 e. The van der Waals surface area contributed by atoms with E-state index in [4.69, 9.17) is 41.8 Å². The molecule has 12 nitrogen and oxygen atoms in total. The van der Waals surface area contributed by atoms with E-state index in [1.165, 1.54) is 25.1 Å². The van der Waals surface area contributed by atoms with Crippen LogP contribution in [0.1, 0.15) is 58.2 Å². The summed E-state index contributed by atoms with van der Waals surface area (Å²) in [5, 5.41) is 3.53. The molecule has 264 valence electrons. The Balaban J connectivity index is 1.37. The zero-order valence-electron chi connectivity index (χ0n) is 27.5. The standard InChI is InChI=1S/C35H34Cl2N2O10S/c1-19(2)47-35(43)49-20(3)48-34(42)28(15-21-6-5-7-25(14-21)50(4,44)45)38-32(40)30-27(36)16-24-18-39(12-10-26(24)31(30)37)33(41)23-9-8-22-11-13-46-29(22)17-23/h5-9,11,13-14,16-17,19-20,28H,10,12,15,18H2,1-4H3,(H,38,40)/t20?,28-/m1/s1. The molecule has 0 radical (unpaired) electrons. The molecule has 2 amide bonds. The van der Waals surface area contributed by atoms with E-state index in [1.807, 2.05) is 12.1 Å². The van der Waals surface area contributed by atoms with E-state index in [1.54, 1.807) is 49.3 Å². The smallest absolute Gasteiger partial charge is 0.464 e. The average molecular weight is 746 g/mol. The summed E-state index contributed by atoms with van der Waals surface area (Å²) in [4.78, 5) is 54.1. The van der Waals surface area contributed by atoms with E-state index >= 15 is 0 Å². The summed E-state index contributed by atoms with van der Waals surface area (Å²) in [6, 6.07) is 13.1. The van der Waals surface area contributed by atoms with Crippen molar-refractivity contribution in [3.8, 4) is 0 Å². The molecule has 1 unspecified atom stereocenters. The van der Waals surface area contributed by atoms with Gasteiger partial charge in [-0.1, -0.05) is 41.4 Å². The van der Waals surface area contributed by atoms with Gasteiger partial charge in [0, 0.05) is 43.6 Å². The van der Waals surface area contributed by atoms with Crippen molar-refractivity contribution in [3.05, 3.63) is 98.7 Å². The third-order valence-electron chi connectivity index (χ3n) is 7.85. The Hall–Kier alpha value is -4.59. The SMILES string of the molecule is CC(C)OC(=O)OC(C)OC(=O)[C@@H](Cc1cccc(S(C)(=O)=O)c1)NC(=O)c1c(Cl)cc2c(c1Cl)CCN(C(=O)c1ccc3ccoc3c1)C2. The minimum atomic E-state index is -3.58. The Bertz CT molecular complexity index is 2080. The average Bonchev–Trinajstić information content (AvgIpc) is 3.51. The van der Waals surface area contributed by atoms with E-state index in [-0.39, 0.29) is 39.4 Å². The summed E-state index contributed by atoms with van der Waals surface area (Å²) in [6.45, 7) is 5.03. The third kappa shape index (κ3) is 8.58. The quantitative estimate of drug-likeness (QED) is 0.148. The minimum Gasteiger partial charge on any atom is -0.464 e. The van der Waals surface area contributed by atoms with Crippen LogP contribution in [0.25, 0.3) is 11.0 Å². The highest BCUT2D eigenvalue weighted by molar-refractivity contribution is 7.90. The highest BCUT2D eigenvalue weighted by Gasteiger charge is 2.31. The molecular weight excluding hydrogens is 711 g/mol. The van der Waals surface area contributed by atoms with Crippen LogP contribution in [0.2, 0.25) is 10.0 Å². The summed E-state index contributed by atoms with van der Waals surface area (Å²) >= 11 is 13.4. The fourth-order valence-corrected chi connectivity index (χ4v) is 6.95. The molecule has 5 rings (SSSR count). The van der Waals surface area contributed by atoms with Crippen molar-refractivity contribution >= 4 is 67.9 Å². The molecular formula is C35H34Cl2N2O10S. The van der Waals surface area contributed by atoms with Crippen molar-refractivity contribution in [1.82, 2.24) is 10.2 Å². The second-order valence-electron chi connectivity index (χ2n) is 12.0. The van der Waals surface area contributed by atoms with Crippen molar-refractivity contribution in [2.45, 2.75) is 63.5 Å². The molecule has 0 bridgehead atoms. The van der Waals surface area contributed by atoms with Crippen molar-refractivity contribution in [2.75, 3.05) is 12.8 Å². The highest BCUT2D eigenvalue weighted by atomic mass is 35.5. The summed E-state index contributed by atoms with van der Waals surface area (Å²) < 4.78 is 45.0. The van der Waals surface area contributed by atoms with Gasteiger partial charge in [0.15, 0.2) is 9.84 Å². The van der Waals surface area contributed by atoms with Crippen LogP contribution >= 0.6 is 23.2 Å². The first-order valence-electron chi connectivity index (χ1n) is 15.5. The van der Waals surface area contributed by atoms with Gasteiger partial charge in [0.05, 0.1) is 32.9 Å². The first-order chi connectivity index (χ1) is 23.6. The number of nitrogens with one attached hydrogen (secondary N) is 1. The number of furan rings is 1. The predicted molar refractivity (Wildman–Crippen MR) is 184 cm³/mol. The van der Waals surface area contributed by atoms with Crippen LogP contribution in [0.3, 0.4) is 0 Å². The van der Waals surface area contributed by atoms with Crippen molar-refractivity contribution in [1.29, 1.82) is 0 Å². The number of hydrogen-bond donors (Lipinski definition) is 1. The van der Waals surface area contributed by atoms with Gasteiger partial charge in [0.1, 0.15) is 11.6 Å². The molecule has 50 heavy (non-hydrogen) atoms. The van der Waals surface area contributed by atoms with Crippen molar-refractivity contribution in [3.63, 3.8) is 0 Å². The van der Waals surface area contributed by atoms with Crippen LogP contribution in [0.4, 0.5) is 4.79 Å². The van der Waals surface area contributed by atoms with Crippen molar-refractivity contribution < 1.29 is 46.2 Å².